The third-order valence-corrected chi connectivity index (χ3v) is 2.89. The van der Waals surface area contributed by atoms with E-state index in [1.54, 1.807) is 12.1 Å². The van der Waals surface area contributed by atoms with Gasteiger partial charge in [0, 0.05) is 10.6 Å². The zero-order valence-electron chi connectivity index (χ0n) is 8.09. The Balaban J connectivity index is 2.53. The minimum atomic E-state index is -1.03. The van der Waals surface area contributed by atoms with Gasteiger partial charge in [-0.05, 0) is 12.1 Å². The van der Waals surface area contributed by atoms with Crippen molar-refractivity contribution < 1.29 is 14.6 Å². The molecule has 0 aliphatic carbocycles. The third-order valence-electron chi connectivity index (χ3n) is 2.40. The molecule has 5 heteroatoms. The van der Waals surface area contributed by atoms with E-state index in [0.29, 0.717) is 21.4 Å². The molecule has 0 bridgehead atoms. The fourth-order valence-corrected chi connectivity index (χ4v) is 2.13. The van der Waals surface area contributed by atoms with E-state index in [1.807, 2.05) is 0 Å². The molecule has 1 fully saturated rings. The Labute approximate surface area is 97.5 Å². The minimum absolute atomic E-state index is 0.236. The molecule has 82 valence electrons. The number of ether oxygens (including phenoxy) is 2. The van der Waals surface area contributed by atoms with Crippen molar-refractivity contribution in [1.29, 1.82) is 0 Å². The van der Waals surface area contributed by atoms with E-state index >= 15 is 0 Å². The van der Waals surface area contributed by atoms with Crippen molar-refractivity contribution in [2.45, 2.75) is 5.60 Å². The van der Waals surface area contributed by atoms with Gasteiger partial charge in [0.1, 0.15) is 11.4 Å². The van der Waals surface area contributed by atoms with Crippen LogP contribution in [0.5, 0.6) is 5.75 Å². The van der Waals surface area contributed by atoms with Crippen LogP contribution in [0.3, 0.4) is 0 Å². The molecule has 0 saturated carbocycles. The average Bonchev–Trinajstić information content (AvgIpc) is 2.13. The Morgan fingerprint density at radius 2 is 2.07 bits per heavy atom. The zero-order valence-corrected chi connectivity index (χ0v) is 9.60. The van der Waals surface area contributed by atoms with E-state index in [1.165, 1.54) is 7.11 Å². The summed E-state index contributed by atoms with van der Waals surface area (Å²) in [4.78, 5) is 0. The van der Waals surface area contributed by atoms with Gasteiger partial charge < -0.3 is 14.6 Å². The summed E-state index contributed by atoms with van der Waals surface area (Å²) in [5, 5.41) is 11.0. The first-order valence-electron chi connectivity index (χ1n) is 4.40. The van der Waals surface area contributed by atoms with Crippen LogP contribution in [0.1, 0.15) is 5.56 Å². The fraction of sp³-hybridized carbons (Fsp3) is 0.400. The second-order valence-electron chi connectivity index (χ2n) is 3.49. The number of rotatable bonds is 2. The fourth-order valence-electron chi connectivity index (χ4n) is 1.56. The van der Waals surface area contributed by atoms with Gasteiger partial charge in [-0.15, -0.1) is 0 Å². The molecule has 1 aromatic carbocycles. The first kappa shape index (κ1) is 11.0. The van der Waals surface area contributed by atoms with Gasteiger partial charge in [0.15, 0.2) is 0 Å². The lowest BCUT2D eigenvalue weighted by Gasteiger charge is -2.37. The Bertz CT molecular complexity index is 388. The molecule has 1 N–H and O–H groups in total. The number of hydrogen-bond acceptors (Lipinski definition) is 3. The Kier molecular flexibility index (Phi) is 2.81. The summed E-state index contributed by atoms with van der Waals surface area (Å²) in [6.07, 6.45) is 0. The van der Waals surface area contributed by atoms with Crippen molar-refractivity contribution in [3.63, 3.8) is 0 Å². The topological polar surface area (TPSA) is 38.7 Å². The third kappa shape index (κ3) is 1.81. The summed E-state index contributed by atoms with van der Waals surface area (Å²) >= 11 is 11.8. The predicted molar refractivity (Wildman–Crippen MR) is 57.7 cm³/mol. The van der Waals surface area contributed by atoms with E-state index in [-0.39, 0.29) is 13.2 Å². The summed E-state index contributed by atoms with van der Waals surface area (Å²) in [7, 11) is 1.50. The van der Waals surface area contributed by atoms with E-state index in [2.05, 4.69) is 0 Å². The highest BCUT2D eigenvalue weighted by molar-refractivity contribution is 6.35. The second kappa shape index (κ2) is 3.83. The molecule has 15 heavy (non-hydrogen) atoms. The molecule has 3 nitrogen and oxygen atoms in total. The maximum Gasteiger partial charge on any atom is 0.143 e. The molecule has 2 rings (SSSR count). The summed E-state index contributed by atoms with van der Waals surface area (Å²) in [5.74, 6) is 0.451. The standard InChI is InChI=1S/C10H10Cl2O3/c1-14-9-7(10(13)4-15-5-10)2-6(11)3-8(9)12/h2-3,13H,4-5H2,1H3. The molecule has 1 saturated heterocycles. The highest BCUT2D eigenvalue weighted by Crippen LogP contribution is 2.41. The molecule has 0 spiro atoms. The van der Waals surface area contributed by atoms with Crippen molar-refractivity contribution >= 4 is 23.2 Å². The molecule has 0 radical (unpaired) electrons. The lowest BCUT2D eigenvalue weighted by atomic mass is 9.91. The quantitative estimate of drug-likeness (QED) is 0.873. The Hall–Kier alpha value is -0.480. The van der Waals surface area contributed by atoms with Crippen LogP contribution in [0.2, 0.25) is 10.0 Å². The Morgan fingerprint density at radius 1 is 1.40 bits per heavy atom. The number of benzene rings is 1. The van der Waals surface area contributed by atoms with Crippen LogP contribution in [-0.2, 0) is 10.3 Å². The minimum Gasteiger partial charge on any atom is -0.495 e. The van der Waals surface area contributed by atoms with Gasteiger partial charge in [-0.25, -0.2) is 0 Å². The highest BCUT2D eigenvalue weighted by Gasteiger charge is 2.41. The van der Waals surface area contributed by atoms with E-state index < -0.39 is 5.60 Å². The summed E-state index contributed by atoms with van der Waals surface area (Å²) in [6, 6.07) is 3.23. The van der Waals surface area contributed by atoms with Gasteiger partial charge in [-0.2, -0.15) is 0 Å². The summed E-state index contributed by atoms with van der Waals surface area (Å²) < 4.78 is 10.1. The molecule has 1 aromatic rings. The lowest BCUT2D eigenvalue weighted by molar-refractivity contribution is -0.185. The van der Waals surface area contributed by atoms with Crippen molar-refractivity contribution in [1.82, 2.24) is 0 Å². The number of methoxy groups -OCH3 is 1. The monoisotopic (exact) mass is 248 g/mol. The van der Waals surface area contributed by atoms with Crippen LogP contribution in [0.15, 0.2) is 12.1 Å². The van der Waals surface area contributed by atoms with Gasteiger partial charge in [-0.1, -0.05) is 23.2 Å². The summed E-state index contributed by atoms with van der Waals surface area (Å²) in [5.41, 5.74) is -0.450. The highest BCUT2D eigenvalue weighted by atomic mass is 35.5. The number of hydrogen-bond donors (Lipinski definition) is 1. The van der Waals surface area contributed by atoms with Gasteiger partial charge in [0.05, 0.1) is 25.3 Å². The lowest BCUT2D eigenvalue weighted by Crippen LogP contribution is -2.46. The van der Waals surface area contributed by atoms with Crippen LogP contribution < -0.4 is 4.74 Å². The van der Waals surface area contributed by atoms with Crippen LogP contribution in [0.25, 0.3) is 0 Å². The zero-order chi connectivity index (χ0) is 11.1. The van der Waals surface area contributed by atoms with Crippen LogP contribution in [0, 0.1) is 0 Å². The molecule has 0 atom stereocenters. The maximum absolute atomic E-state index is 10.1. The van der Waals surface area contributed by atoms with Crippen molar-refractivity contribution in [2.75, 3.05) is 20.3 Å². The van der Waals surface area contributed by atoms with E-state index in [0.717, 1.165) is 0 Å². The molecule has 0 aromatic heterocycles. The largest absolute Gasteiger partial charge is 0.495 e. The maximum atomic E-state index is 10.1. The first-order chi connectivity index (χ1) is 7.07. The molecular weight excluding hydrogens is 239 g/mol. The molecule has 0 unspecified atom stereocenters. The normalized spacial score (nSPS) is 18.4. The Morgan fingerprint density at radius 3 is 2.53 bits per heavy atom. The molecular formula is C10H10Cl2O3. The van der Waals surface area contributed by atoms with Crippen molar-refractivity contribution in [3.05, 3.63) is 27.7 Å². The van der Waals surface area contributed by atoms with Crippen molar-refractivity contribution in [2.24, 2.45) is 0 Å². The van der Waals surface area contributed by atoms with E-state index in [4.69, 9.17) is 32.7 Å². The van der Waals surface area contributed by atoms with Crippen molar-refractivity contribution in [3.8, 4) is 5.75 Å². The first-order valence-corrected chi connectivity index (χ1v) is 5.16. The van der Waals surface area contributed by atoms with Crippen LogP contribution in [-0.4, -0.2) is 25.4 Å². The van der Waals surface area contributed by atoms with Gasteiger partial charge in [0.25, 0.3) is 0 Å². The predicted octanol–water partition coefficient (Wildman–Crippen LogP) is 2.22. The number of aliphatic hydroxyl groups is 1. The van der Waals surface area contributed by atoms with Gasteiger partial charge >= 0.3 is 0 Å². The van der Waals surface area contributed by atoms with Gasteiger partial charge in [0.2, 0.25) is 0 Å². The van der Waals surface area contributed by atoms with Crippen LogP contribution >= 0.6 is 23.2 Å². The average molecular weight is 249 g/mol. The molecule has 1 heterocycles. The van der Waals surface area contributed by atoms with Crippen LogP contribution in [0.4, 0.5) is 0 Å². The molecule has 0 amide bonds. The second-order valence-corrected chi connectivity index (χ2v) is 4.34. The summed E-state index contributed by atoms with van der Waals surface area (Å²) in [6.45, 7) is 0.472. The molecule has 1 aliphatic heterocycles. The molecule has 1 aliphatic rings. The SMILES string of the molecule is COc1c(Cl)cc(Cl)cc1C1(O)COC1. The van der Waals surface area contributed by atoms with Gasteiger partial charge in [-0.3, -0.25) is 0 Å². The smallest absolute Gasteiger partial charge is 0.143 e. The number of halogens is 2. The van der Waals surface area contributed by atoms with E-state index in [9.17, 15) is 5.11 Å².